The monoisotopic (exact) mass is 241 g/mol. The van der Waals surface area contributed by atoms with E-state index in [1.807, 2.05) is 13.8 Å². The number of aliphatic hydroxyl groups is 1. The molecular weight excluding hydrogens is 222 g/mol. The van der Waals surface area contributed by atoms with E-state index >= 15 is 0 Å². The molecule has 4 N–H and O–H groups in total. The van der Waals surface area contributed by atoms with Crippen molar-refractivity contribution in [3.63, 3.8) is 0 Å². The number of aromatic nitrogens is 3. The Labute approximate surface area is 100 Å². The van der Waals surface area contributed by atoms with Crippen LogP contribution in [0, 0.1) is 0 Å². The van der Waals surface area contributed by atoms with E-state index < -0.39 is 0 Å². The molecule has 0 spiro atoms. The molecule has 7 heteroatoms. The maximum atomic E-state index is 8.80. The number of hydrogen-bond acceptors (Lipinski definition) is 7. The van der Waals surface area contributed by atoms with Crippen molar-refractivity contribution in [1.29, 1.82) is 0 Å². The van der Waals surface area contributed by atoms with Gasteiger partial charge in [0.1, 0.15) is 0 Å². The van der Waals surface area contributed by atoms with Crippen molar-refractivity contribution in [2.24, 2.45) is 0 Å². The van der Waals surface area contributed by atoms with Crippen molar-refractivity contribution in [2.75, 3.05) is 24.3 Å². The molecule has 0 saturated heterocycles. The number of anilines is 2. The van der Waals surface area contributed by atoms with Gasteiger partial charge in [-0.05, 0) is 19.8 Å². The zero-order valence-corrected chi connectivity index (χ0v) is 10.2. The molecule has 0 amide bonds. The number of nitrogens with zero attached hydrogens (tertiary/aromatic N) is 3. The van der Waals surface area contributed by atoms with Crippen LogP contribution < -0.4 is 15.8 Å². The summed E-state index contributed by atoms with van der Waals surface area (Å²) in [6, 6.07) is 0.277. The molecule has 1 heterocycles. The van der Waals surface area contributed by atoms with E-state index in [4.69, 9.17) is 15.6 Å². The third kappa shape index (κ3) is 4.81. The second-order valence-electron chi connectivity index (χ2n) is 3.71. The van der Waals surface area contributed by atoms with Crippen molar-refractivity contribution < 1.29 is 9.84 Å². The number of nitrogens with one attached hydrogen (secondary N) is 1. The highest BCUT2D eigenvalue weighted by atomic mass is 16.5. The first kappa shape index (κ1) is 13.4. The number of aliphatic hydroxyl groups excluding tert-OH is 1. The first-order valence-electron chi connectivity index (χ1n) is 5.67. The van der Waals surface area contributed by atoms with Gasteiger partial charge < -0.3 is 20.9 Å². The lowest BCUT2D eigenvalue weighted by molar-refractivity contribution is 0.281. The van der Waals surface area contributed by atoms with Crippen molar-refractivity contribution in [2.45, 2.75) is 32.7 Å². The van der Waals surface area contributed by atoms with E-state index in [9.17, 15) is 0 Å². The molecule has 0 aliphatic heterocycles. The third-order valence-corrected chi connectivity index (χ3v) is 2.01. The van der Waals surface area contributed by atoms with Gasteiger partial charge in [0.2, 0.25) is 11.9 Å². The predicted molar refractivity (Wildman–Crippen MR) is 64.8 cm³/mol. The summed E-state index contributed by atoms with van der Waals surface area (Å²) in [7, 11) is 0. The topological polar surface area (TPSA) is 106 Å². The minimum Gasteiger partial charge on any atom is -0.463 e. The quantitative estimate of drug-likeness (QED) is 0.635. The molecule has 1 atom stereocenters. The van der Waals surface area contributed by atoms with Crippen molar-refractivity contribution >= 4 is 11.9 Å². The summed E-state index contributed by atoms with van der Waals surface area (Å²) in [5, 5.41) is 11.8. The maximum absolute atomic E-state index is 8.80. The first-order valence-corrected chi connectivity index (χ1v) is 5.67. The smallest absolute Gasteiger partial charge is 0.323 e. The van der Waals surface area contributed by atoms with Gasteiger partial charge in [-0.25, -0.2) is 0 Å². The van der Waals surface area contributed by atoms with Gasteiger partial charge in [0.25, 0.3) is 0 Å². The molecule has 0 saturated carbocycles. The molecule has 1 rings (SSSR count). The Morgan fingerprint density at radius 3 is 2.82 bits per heavy atom. The highest BCUT2D eigenvalue weighted by Crippen LogP contribution is 2.10. The fourth-order valence-corrected chi connectivity index (χ4v) is 1.18. The van der Waals surface area contributed by atoms with E-state index in [0.717, 1.165) is 6.42 Å². The molecule has 0 fully saturated rings. The summed E-state index contributed by atoms with van der Waals surface area (Å²) in [6.07, 6.45) is 1.48. The fourth-order valence-electron chi connectivity index (χ4n) is 1.18. The molecule has 0 radical (unpaired) electrons. The number of ether oxygens (including phenoxy) is 1. The Morgan fingerprint density at radius 2 is 2.18 bits per heavy atom. The number of nitrogen functional groups attached to an aromatic ring is 1. The van der Waals surface area contributed by atoms with Crippen LogP contribution >= 0.6 is 0 Å². The summed E-state index contributed by atoms with van der Waals surface area (Å²) < 4.78 is 5.29. The van der Waals surface area contributed by atoms with Gasteiger partial charge in [-0.1, -0.05) is 6.92 Å². The van der Waals surface area contributed by atoms with Gasteiger partial charge >= 0.3 is 6.01 Å². The lowest BCUT2D eigenvalue weighted by atomic mass is 10.2. The predicted octanol–water partition coefficient (Wildman–Crippen LogP) is 0.425. The lowest BCUT2D eigenvalue weighted by Crippen LogP contribution is -2.19. The van der Waals surface area contributed by atoms with Crippen molar-refractivity contribution in [3.8, 4) is 6.01 Å². The van der Waals surface area contributed by atoms with Crippen LogP contribution in [0.2, 0.25) is 0 Å². The Hall–Kier alpha value is -1.63. The molecule has 1 aromatic heterocycles. The number of rotatable bonds is 7. The summed E-state index contributed by atoms with van der Waals surface area (Å²) >= 11 is 0. The normalized spacial score (nSPS) is 12.2. The minimum atomic E-state index is 0.0563. The van der Waals surface area contributed by atoms with Crippen LogP contribution in [0.4, 0.5) is 11.9 Å². The highest BCUT2D eigenvalue weighted by Gasteiger charge is 2.08. The van der Waals surface area contributed by atoms with Gasteiger partial charge in [-0.15, -0.1) is 0 Å². The summed E-state index contributed by atoms with van der Waals surface area (Å²) in [5.74, 6) is 0.481. The van der Waals surface area contributed by atoms with Crippen LogP contribution in [0.15, 0.2) is 0 Å². The van der Waals surface area contributed by atoms with Crippen LogP contribution in [0.1, 0.15) is 26.7 Å². The van der Waals surface area contributed by atoms with Crippen LogP contribution in [0.5, 0.6) is 6.01 Å². The average Bonchev–Trinajstić information content (AvgIpc) is 2.25. The van der Waals surface area contributed by atoms with Gasteiger partial charge in [0, 0.05) is 12.6 Å². The highest BCUT2D eigenvalue weighted by molar-refractivity contribution is 5.33. The van der Waals surface area contributed by atoms with Crippen LogP contribution in [-0.2, 0) is 0 Å². The molecule has 7 nitrogen and oxygen atoms in total. The van der Waals surface area contributed by atoms with Gasteiger partial charge in [0.15, 0.2) is 0 Å². The van der Waals surface area contributed by atoms with E-state index in [1.54, 1.807) is 0 Å². The standard InChI is InChI=1S/C10H19N5O2/c1-3-6-17-10-14-8(11)13-9(15-10)12-7(2)4-5-16/h7,16H,3-6H2,1-2H3,(H3,11,12,13,14,15). The second kappa shape index (κ2) is 6.85. The fraction of sp³-hybridized carbons (Fsp3) is 0.700. The molecule has 0 aliphatic carbocycles. The zero-order valence-electron chi connectivity index (χ0n) is 10.2. The SMILES string of the molecule is CCCOc1nc(N)nc(NC(C)CCO)n1. The first-order chi connectivity index (χ1) is 8.15. The van der Waals surface area contributed by atoms with Crippen molar-refractivity contribution in [1.82, 2.24) is 15.0 Å². The molecule has 0 bridgehead atoms. The Balaban J connectivity index is 2.67. The average molecular weight is 241 g/mol. The third-order valence-electron chi connectivity index (χ3n) is 2.01. The van der Waals surface area contributed by atoms with Crippen LogP contribution in [0.25, 0.3) is 0 Å². The molecule has 0 aliphatic rings. The van der Waals surface area contributed by atoms with Gasteiger partial charge in [0.05, 0.1) is 6.61 Å². The largest absolute Gasteiger partial charge is 0.463 e. The molecule has 17 heavy (non-hydrogen) atoms. The van der Waals surface area contributed by atoms with E-state index in [0.29, 0.717) is 19.0 Å². The second-order valence-corrected chi connectivity index (χ2v) is 3.71. The Bertz CT molecular complexity index is 347. The molecule has 0 aromatic carbocycles. The van der Waals surface area contributed by atoms with Gasteiger partial charge in [-0.2, -0.15) is 15.0 Å². The molecule has 96 valence electrons. The number of nitrogens with two attached hydrogens (primary N) is 1. The number of hydrogen-bond donors (Lipinski definition) is 3. The Morgan fingerprint density at radius 1 is 1.41 bits per heavy atom. The minimum absolute atomic E-state index is 0.0563. The maximum Gasteiger partial charge on any atom is 0.323 e. The van der Waals surface area contributed by atoms with Crippen LogP contribution in [-0.4, -0.2) is 39.3 Å². The van der Waals surface area contributed by atoms with E-state index in [1.165, 1.54) is 0 Å². The summed E-state index contributed by atoms with van der Waals surface area (Å²) in [6.45, 7) is 4.55. The van der Waals surface area contributed by atoms with E-state index in [-0.39, 0.29) is 24.6 Å². The molecule has 1 unspecified atom stereocenters. The summed E-state index contributed by atoms with van der Waals surface area (Å²) in [4.78, 5) is 11.9. The van der Waals surface area contributed by atoms with Crippen molar-refractivity contribution in [3.05, 3.63) is 0 Å². The van der Waals surface area contributed by atoms with E-state index in [2.05, 4.69) is 20.3 Å². The lowest BCUT2D eigenvalue weighted by Gasteiger charge is -2.12. The van der Waals surface area contributed by atoms with Crippen LogP contribution in [0.3, 0.4) is 0 Å². The molecular formula is C10H19N5O2. The van der Waals surface area contributed by atoms with Gasteiger partial charge in [-0.3, -0.25) is 0 Å². The zero-order chi connectivity index (χ0) is 12.7. The molecule has 1 aromatic rings. The Kier molecular flexibility index (Phi) is 5.41. The summed E-state index contributed by atoms with van der Waals surface area (Å²) in [5.41, 5.74) is 5.55.